The van der Waals surface area contributed by atoms with Crippen molar-refractivity contribution in [3.8, 4) is 11.3 Å². The fourth-order valence-electron chi connectivity index (χ4n) is 3.23. The molecule has 1 aliphatic heterocycles. The van der Waals surface area contributed by atoms with E-state index < -0.39 is 0 Å². The maximum absolute atomic E-state index is 12.8. The lowest BCUT2D eigenvalue weighted by Gasteiger charge is -2.34. The smallest absolute Gasteiger partial charge is 0.253 e. The van der Waals surface area contributed by atoms with E-state index in [1.54, 1.807) is 6.20 Å². The number of hydrogen-bond acceptors (Lipinski definition) is 6. The number of aromatic nitrogens is 2. The molecular formula is C20H22N4O3. The molecule has 2 aromatic heterocycles. The van der Waals surface area contributed by atoms with Crippen molar-refractivity contribution in [2.75, 3.05) is 26.2 Å². The first-order valence-electron chi connectivity index (χ1n) is 9.03. The Bertz CT molecular complexity index is 888. The van der Waals surface area contributed by atoms with Crippen LogP contribution in [0.2, 0.25) is 0 Å². The van der Waals surface area contributed by atoms with Gasteiger partial charge in [-0.3, -0.25) is 9.69 Å². The molecule has 0 bridgehead atoms. The molecule has 0 atom stereocenters. The Morgan fingerprint density at radius 2 is 1.85 bits per heavy atom. The fraction of sp³-hybridized carbons (Fsp3) is 0.350. The van der Waals surface area contributed by atoms with Crippen LogP contribution in [0.1, 0.15) is 27.7 Å². The van der Waals surface area contributed by atoms with Gasteiger partial charge in [0.1, 0.15) is 5.76 Å². The van der Waals surface area contributed by atoms with Gasteiger partial charge in [-0.25, -0.2) is 9.97 Å². The minimum atomic E-state index is 0.0570. The first kappa shape index (κ1) is 17.5. The lowest BCUT2D eigenvalue weighted by Crippen LogP contribution is -2.48. The summed E-state index contributed by atoms with van der Waals surface area (Å²) in [5, 5.41) is 0. The molecule has 27 heavy (non-hydrogen) atoms. The van der Waals surface area contributed by atoms with Gasteiger partial charge >= 0.3 is 0 Å². The number of piperazine rings is 1. The van der Waals surface area contributed by atoms with Crippen LogP contribution < -0.4 is 0 Å². The summed E-state index contributed by atoms with van der Waals surface area (Å²) in [6, 6.07) is 7.45. The molecule has 1 saturated heterocycles. The Labute approximate surface area is 157 Å². The maximum atomic E-state index is 12.8. The summed E-state index contributed by atoms with van der Waals surface area (Å²) in [4.78, 5) is 25.3. The first-order valence-corrected chi connectivity index (χ1v) is 9.03. The molecule has 1 aromatic carbocycles. The van der Waals surface area contributed by atoms with Gasteiger partial charge in [0.2, 0.25) is 5.89 Å². The summed E-state index contributed by atoms with van der Waals surface area (Å²) < 4.78 is 10.9. The van der Waals surface area contributed by atoms with Gasteiger partial charge in [0, 0.05) is 37.3 Å². The minimum absolute atomic E-state index is 0.0570. The highest BCUT2D eigenvalue weighted by Crippen LogP contribution is 2.20. The molecule has 0 N–H and O–H groups in total. The van der Waals surface area contributed by atoms with Crippen LogP contribution >= 0.6 is 0 Å². The Hall–Kier alpha value is -2.93. The zero-order valence-corrected chi connectivity index (χ0v) is 15.5. The van der Waals surface area contributed by atoms with Crippen LogP contribution in [-0.4, -0.2) is 51.9 Å². The summed E-state index contributed by atoms with van der Waals surface area (Å²) in [7, 11) is 0. The van der Waals surface area contributed by atoms with Gasteiger partial charge in [0.15, 0.2) is 12.2 Å². The van der Waals surface area contributed by atoms with Crippen molar-refractivity contribution >= 4 is 5.91 Å². The molecule has 0 unspecified atom stereocenters. The SMILES string of the molecule is Cc1nc(CN2CCN(C(=O)c3ccc(-c4cnco4)cc3)CC2)oc1C. The summed E-state index contributed by atoms with van der Waals surface area (Å²) >= 11 is 0. The average molecular weight is 366 g/mol. The molecule has 1 fully saturated rings. The van der Waals surface area contributed by atoms with Gasteiger partial charge in [-0.05, 0) is 26.0 Å². The minimum Gasteiger partial charge on any atom is -0.444 e. The number of carbonyl (C=O) groups is 1. The predicted molar refractivity (Wildman–Crippen MR) is 99.1 cm³/mol. The molecule has 3 aromatic rings. The number of nitrogens with zero attached hydrogens (tertiary/aromatic N) is 4. The number of benzene rings is 1. The van der Waals surface area contributed by atoms with Crippen LogP contribution in [0.5, 0.6) is 0 Å². The number of oxazole rings is 2. The number of aryl methyl sites for hydroxylation is 2. The monoisotopic (exact) mass is 366 g/mol. The van der Waals surface area contributed by atoms with E-state index in [1.165, 1.54) is 6.39 Å². The zero-order valence-electron chi connectivity index (χ0n) is 15.5. The van der Waals surface area contributed by atoms with Crippen LogP contribution in [0.3, 0.4) is 0 Å². The highest BCUT2D eigenvalue weighted by molar-refractivity contribution is 5.94. The maximum Gasteiger partial charge on any atom is 0.253 e. The Kier molecular flexibility index (Phi) is 4.77. The van der Waals surface area contributed by atoms with E-state index in [4.69, 9.17) is 8.83 Å². The third kappa shape index (κ3) is 3.78. The topological polar surface area (TPSA) is 75.6 Å². The second-order valence-electron chi connectivity index (χ2n) is 6.76. The third-order valence-corrected chi connectivity index (χ3v) is 4.94. The van der Waals surface area contributed by atoms with Gasteiger partial charge in [-0.1, -0.05) is 12.1 Å². The molecule has 140 valence electrons. The first-order chi connectivity index (χ1) is 13.1. The molecule has 0 spiro atoms. The van der Waals surface area contributed by atoms with E-state index in [1.807, 2.05) is 43.0 Å². The molecular weight excluding hydrogens is 344 g/mol. The molecule has 1 amide bonds. The van der Waals surface area contributed by atoms with Crippen LogP contribution in [0.4, 0.5) is 0 Å². The Morgan fingerprint density at radius 3 is 2.44 bits per heavy atom. The molecule has 3 heterocycles. The van der Waals surface area contributed by atoms with Crippen molar-refractivity contribution in [1.29, 1.82) is 0 Å². The van der Waals surface area contributed by atoms with E-state index in [-0.39, 0.29) is 5.91 Å². The highest BCUT2D eigenvalue weighted by atomic mass is 16.4. The molecule has 0 radical (unpaired) electrons. The van der Waals surface area contributed by atoms with Crippen LogP contribution in [0.25, 0.3) is 11.3 Å². The van der Waals surface area contributed by atoms with Crippen LogP contribution in [0, 0.1) is 13.8 Å². The zero-order chi connectivity index (χ0) is 18.8. The van der Waals surface area contributed by atoms with Gasteiger partial charge in [0.25, 0.3) is 5.91 Å². The van der Waals surface area contributed by atoms with Gasteiger partial charge in [0.05, 0.1) is 18.4 Å². The summed E-state index contributed by atoms with van der Waals surface area (Å²) in [5.74, 6) is 2.36. The lowest BCUT2D eigenvalue weighted by molar-refractivity contribution is 0.0618. The van der Waals surface area contributed by atoms with Crippen LogP contribution in [0.15, 0.2) is 45.7 Å². The van der Waals surface area contributed by atoms with E-state index in [0.29, 0.717) is 31.0 Å². The normalized spacial score (nSPS) is 15.3. The fourth-order valence-corrected chi connectivity index (χ4v) is 3.23. The second kappa shape index (κ2) is 7.36. The summed E-state index contributed by atoms with van der Waals surface area (Å²) in [6.07, 6.45) is 3.06. The molecule has 7 nitrogen and oxygen atoms in total. The summed E-state index contributed by atoms with van der Waals surface area (Å²) in [5.41, 5.74) is 2.53. The number of carbonyl (C=O) groups excluding carboxylic acids is 1. The quantitative estimate of drug-likeness (QED) is 0.707. The van der Waals surface area contributed by atoms with Gasteiger partial charge in [-0.2, -0.15) is 0 Å². The number of amides is 1. The van der Waals surface area contributed by atoms with Crippen molar-refractivity contribution in [3.05, 3.63) is 59.8 Å². The predicted octanol–water partition coefficient (Wildman–Crippen LogP) is 2.90. The van der Waals surface area contributed by atoms with Crippen molar-refractivity contribution in [2.45, 2.75) is 20.4 Å². The molecule has 0 aliphatic carbocycles. The van der Waals surface area contributed by atoms with Crippen molar-refractivity contribution in [3.63, 3.8) is 0 Å². The largest absolute Gasteiger partial charge is 0.444 e. The van der Waals surface area contributed by atoms with Crippen molar-refractivity contribution in [1.82, 2.24) is 19.8 Å². The van der Waals surface area contributed by atoms with Crippen molar-refractivity contribution < 1.29 is 13.6 Å². The standard InChI is InChI=1S/C20H22N4O3/c1-14-15(2)27-19(22-14)12-23-7-9-24(10-8-23)20(25)17-5-3-16(4-6-17)18-11-21-13-26-18/h3-6,11,13H,7-10,12H2,1-2H3. The molecule has 4 rings (SSSR count). The van der Waals surface area contributed by atoms with Crippen LogP contribution in [-0.2, 0) is 6.54 Å². The van der Waals surface area contributed by atoms with Gasteiger partial charge in [-0.15, -0.1) is 0 Å². The number of rotatable bonds is 4. The van der Waals surface area contributed by atoms with Crippen molar-refractivity contribution in [2.24, 2.45) is 0 Å². The van der Waals surface area contributed by atoms with E-state index in [9.17, 15) is 4.79 Å². The summed E-state index contributed by atoms with van der Waals surface area (Å²) in [6.45, 7) is 7.57. The lowest BCUT2D eigenvalue weighted by atomic mass is 10.1. The Morgan fingerprint density at radius 1 is 1.11 bits per heavy atom. The molecule has 7 heteroatoms. The highest BCUT2D eigenvalue weighted by Gasteiger charge is 2.23. The third-order valence-electron chi connectivity index (χ3n) is 4.94. The van der Waals surface area contributed by atoms with E-state index in [2.05, 4.69) is 14.9 Å². The van der Waals surface area contributed by atoms with Gasteiger partial charge < -0.3 is 13.7 Å². The Balaban J connectivity index is 1.34. The average Bonchev–Trinajstić information content (AvgIpc) is 3.32. The molecule has 1 aliphatic rings. The second-order valence-corrected chi connectivity index (χ2v) is 6.76. The van der Waals surface area contributed by atoms with E-state index in [0.717, 1.165) is 36.0 Å². The molecule has 0 saturated carbocycles. The number of hydrogen-bond donors (Lipinski definition) is 0. The van der Waals surface area contributed by atoms with E-state index >= 15 is 0 Å².